The minimum atomic E-state index is -1.81. The summed E-state index contributed by atoms with van der Waals surface area (Å²) in [6.07, 6.45) is 11.4. The van der Waals surface area contributed by atoms with E-state index in [0.717, 1.165) is 30.7 Å². The third-order valence-electron chi connectivity index (χ3n) is 10.7. The van der Waals surface area contributed by atoms with Gasteiger partial charge < -0.3 is 4.43 Å². The molecule has 3 aliphatic carbocycles. The minimum Gasteiger partial charge on any atom is -0.413 e. The van der Waals surface area contributed by atoms with Crippen molar-refractivity contribution in [2.45, 2.75) is 129 Å². The van der Waals surface area contributed by atoms with Crippen LogP contribution in [0.3, 0.4) is 0 Å². The third kappa shape index (κ3) is 3.40. The highest BCUT2D eigenvalue weighted by molar-refractivity contribution is 6.77. The van der Waals surface area contributed by atoms with Gasteiger partial charge in [-0.15, -0.1) is 0 Å². The summed E-state index contributed by atoms with van der Waals surface area (Å²) in [5.74, 6) is 2.67. The molecule has 1 heterocycles. The van der Waals surface area contributed by atoms with Gasteiger partial charge in [0.15, 0.2) is 0 Å². The van der Waals surface area contributed by atoms with E-state index >= 15 is 0 Å². The molecule has 0 amide bonds. The molecule has 1 aliphatic heterocycles. The summed E-state index contributed by atoms with van der Waals surface area (Å²) in [7, 11) is -1.81. The van der Waals surface area contributed by atoms with Crippen molar-refractivity contribution >= 4 is 14.0 Å². The van der Waals surface area contributed by atoms with Crippen molar-refractivity contribution < 1.29 is 4.43 Å². The van der Waals surface area contributed by atoms with Crippen molar-refractivity contribution in [3.8, 4) is 0 Å². The molecule has 0 radical (unpaired) electrons. The van der Waals surface area contributed by atoms with Gasteiger partial charge in [-0.3, -0.25) is 4.99 Å². The molecule has 4 aliphatic rings. The number of rotatable bonds is 5. The van der Waals surface area contributed by atoms with Crippen LogP contribution in [0.25, 0.3) is 0 Å². The van der Waals surface area contributed by atoms with Gasteiger partial charge in [-0.25, -0.2) is 0 Å². The predicted molar refractivity (Wildman–Crippen MR) is 132 cm³/mol. The van der Waals surface area contributed by atoms with Crippen molar-refractivity contribution in [1.29, 1.82) is 0 Å². The molecule has 0 aromatic rings. The normalized spacial score (nSPS) is 41.6. The summed E-state index contributed by atoms with van der Waals surface area (Å²) >= 11 is 0. The lowest BCUT2D eigenvalue weighted by Gasteiger charge is -2.57. The third-order valence-corrected chi connectivity index (χ3v) is 16.8. The Balaban J connectivity index is 1.54. The molecule has 2 nitrogen and oxygen atoms in total. The van der Waals surface area contributed by atoms with Gasteiger partial charge in [0, 0.05) is 24.1 Å². The van der Waals surface area contributed by atoms with Crippen LogP contribution in [0.15, 0.2) is 4.99 Å². The summed E-state index contributed by atoms with van der Waals surface area (Å²) < 4.78 is 7.24. The summed E-state index contributed by atoms with van der Waals surface area (Å²) in [5, 5.41) is 0. The van der Waals surface area contributed by atoms with Crippen molar-refractivity contribution in [3.63, 3.8) is 0 Å². The molecule has 0 saturated heterocycles. The largest absolute Gasteiger partial charge is 0.413 e. The second-order valence-corrected chi connectivity index (χ2v) is 18.4. The Morgan fingerprint density at radius 2 is 1.53 bits per heavy atom. The second-order valence-electron chi connectivity index (χ2n) is 13.0. The number of nitrogens with zero attached hydrogens (tertiary/aromatic N) is 1. The zero-order valence-corrected chi connectivity index (χ0v) is 22.3. The predicted octanol–water partition coefficient (Wildman–Crippen LogP) is 8.02. The van der Waals surface area contributed by atoms with E-state index in [1.54, 1.807) is 5.71 Å². The molecule has 0 bridgehead atoms. The Kier molecular flexibility index (Phi) is 6.15. The van der Waals surface area contributed by atoms with Crippen molar-refractivity contribution in [2.75, 3.05) is 6.54 Å². The zero-order chi connectivity index (χ0) is 21.9. The highest BCUT2D eigenvalue weighted by Crippen LogP contribution is 2.62. The van der Waals surface area contributed by atoms with Crippen LogP contribution in [-0.2, 0) is 4.43 Å². The molecule has 0 aromatic carbocycles. The van der Waals surface area contributed by atoms with E-state index in [4.69, 9.17) is 9.42 Å². The smallest absolute Gasteiger partial charge is 0.200 e. The van der Waals surface area contributed by atoms with Gasteiger partial charge in [-0.05, 0) is 78.3 Å². The molecule has 3 saturated carbocycles. The first-order valence-electron chi connectivity index (χ1n) is 13.3. The summed E-state index contributed by atoms with van der Waals surface area (Å²) in [5.41, 5.74) is 4.53. The van der Waals surface area contributed by atoms with Gasteiger partial charge in [0.2, 0.25) is 8.32 Å². The van der Waals surface area contributed by atoms with E-state index in [9.17, 15) is 0 Å². The molecule has 1 unspecified atom stereocenters. The van der Waals surface area contributed by atoms with Crippen molar-refractivity contribution in [2.24, 2.45) is 33.6 Å². The first-order chi connectivity index (χ1) is 14.0. The monoisotopic (exact) mass is 431 g/mol. The molecule has 3 heteroatoms. The van der Waals surface area contributed by atoms with Gasteiger partial charge in [0.05, 0.1) is 6.10 Å². The van der Waals surface area contributed by atoms with E-state index in [-0.39, 0.29) is 0 Å². The van der Waals surface area contributed by atoms with Crippen LogP contribution >= 0.6 is 0 Å². The highest BCUT2D eigenvalue weighted by Gasteiger charge is 2.57. The Labute approximate surface area is 188 Å². The molecule has 0 spiro atoms. The van der Waals surface area contributed by atoms with E-state index in [1.807, 2.05) is 0 Å². The topological polar surface area (TPSA) is 21.6 Å². The average Bonchev–Trinajstić information content (AvgIpc) is 3.07. The average molecular weight is 432 g/mol. The highest BCUT2D eigenvalue weighted by atomic mass is 28.4. The lowest BCUT2D eigenvalue weighted by Crippen LogP contribution is -2.56. The lowest BCUT2D eigenvalue weighted by molar-refractivity contribution is -0.0147. The first-order valence-corrected chi connectivity index (χ1v) is 15.4. The van der Waals surface area contributed by atoms with Crippen LogP contribution in [0.5, 0.6) is 0 Å². The Morgan fingerprint density at radius 3 is 2.17 bits per heavy atom. The summed E-state index contributed by atoms with van der Waals surface area (Å²) in [4.78, 5) is 5.37. The van der Waals surface area contributed by atoms with Gasteiger partial charge in [-0.1, -0.05) is 61.8 Å². The molecular formula is C27H49NOSi. The van der Waals surface area contributed by atoms with E-state index in [2.05, 4.69) is 55.4 Å². The fourth-order valence-electron chi connectivity index (χ4n) is 9.14. The molecule has 3 fully saturated rings. The molecule has 4 rings (SSSR count). The molecule has 0 aromatic heterocycles. The molecule has 6 atom stereocenters. The van der Waals surface area contributed by atoms with E-state index < -0.39 is 8.32 Å². The van der Waals surface area contributed by atoms with E-state index in [1.165, 1.54) is 44.9 Å². The Morgan fingerprint density at radius 1 is 0.867 bits per heavy atom. The van der Waals surface area contributed by atoms with Gasteiger partial charge in [-0.2, -0.15) is 0 Å². The fourth-order valence-corrected chi connectivity index (χ4v) is 14.7. The van der Waals surface area contributed by atoms with Gasteiger partial charge in [0.25, 0.3) is 0 Å². The van der Waals surface area contributed by atoms with Gasteiger partial charge >= 0.3 is 0 Å². The molecule has 0 N–H and O–H groups in total. The lowest BCUT2D eigenvalue weighted by atomic mass is 9.50. The maximum Gasteiger partial charge on any atom is 0.200 e. The van der Waals surface area contributed by atoms with Crippen molar-refractivity contribution in [3.05, 3.63) is 0 Å². The summed E-state index contributed by atoms with van der Waals surface area (Å²) in [6, 6.07) is 0. The molecule has 172 valence electrons. The molecular weight excluding hydrogens is 382 g/mol. The minimum absolute atomic E-state index is 0.352. The molecule has 30 heavy (non-hydrogen) atoms. The SMILES string of the molecule is CC(C)[Si](OC1CC[C@@]2(C)C(=NC[C@H]3[C@@H]4CCC[C@@]4(C)CC[C@@H]32)C1)(C(C)C)C(C)C. The van der Waals surface area contributed by atoms with Crippen LogP contribution < -0.4 is 0 Å². The number of hydrogen-bond acceptors (Lipinski definition) is 2. The number of fused-ring (bicyclic) bond motifs is 5. The van der Waals surface area contributed by atoms with Crippen LogP contribution in [0, 0.1) is 28.6 Å². The second kappa shape index (κ2) is 8.01. The van der Waals surface area contributed by atoms with Gasteiger partial charge in [0.1, 0.15) is 0 Å². The maximum absolute atomic E-state index is 7.24. The fraction of sp³-hybridized carbons (Fsp3) is 0.963. The quantitative estimate of drug-likeness (QED) is 0.404. The van der Waals surface area contributed by atoms with Crippen LogP contribution in [0.1, 0.15) is 107 Å². The zero-order valence-electron chi connectivity index (χ0n) is 21.3. The number of aliphatic imine (C=N–C) groups is 1. The van der Waals surface area contributed by atoms with Crippen molar-refractivity contribution in [1.82, 2.24) is 0 Å². The first kappa shape index (κ1) is 23.0. The maximum atomic E-state index is 7.24. The van der Waals surface area contributed by atoms with Crippen LogP contribution in [0.4, 0.5) is 0 Å². The summed E-state index contributed by atoms with van der Waals surface area (Å²) in [6.45, 7) is 20.8. The Hall–Kier alpha value is -0.153. The Bertz CT molecular complexity index is 648. The standard InChI is InChI=1S/C27H49NOSi/c1-18(2)30(19(3)4,20(5)6)29-21-11-15-27(8)24-12-14-26(7)13-9-10-23(26)22(24)17-28-25(27)16-21/h18-24H,9-17H2,1-8H3/t21?,22-,23-,24-,26-,27+/m0/s1. The number of hydrogen-bond donors (Lipinski definition) is 0. The van der Waals surface area contributed by atoms with Crippen LogP contribution in [-0.4, -0.2) is 26.7 Å². The van der Waals surface area contributed by atoms with E-state index in [0.29, 0.717) is 33.6 Å². The van der Waals surface area contributed by atoms with Crippen LogP contribution in [0.2, 0.25) is 16.6 Å².